The minimum absolute atomic E-state index is 0.141. The Hall–Kier alpha value is -2.95. The van der Waals surface area contributed by atoms with Crippen LogP contribution in [-0.2, 0) is 6.54 Å². The van der Waals surface area contributed by atoms with E-state index in [-0.39, 0.29) is 18.2 Å². The fraction of sp³-hybridized carbons (Fsp3) is 0.118. The second kappa shape index (κ2) is 5.81. The van der Waals surface area contributed by atoms with Crippen molar-refractivity contribution in [2.24, 2.45) is 0 Å². The maximum absolute atomic E-state index is 12.1. The molecule has 22 heavy (non-hydrogen) atoms. The third-order valence-corrected chi connectivity index (χ3v) is 3.29. The third kappa shape index (κ3) is 2.88. The van der Waals surface area contributed by atoms with Crippen LogP contribution in [0.1, 0.15) is 15.9 Å². The largest absolute Gasteiger partial charge is 0.437 e. The molecule has 0 bridgehead atoms. The molecule has 3 rings (SSSR count). The molecular formula is C17H14N2O3. The Morgan fingerprint density at radius 2 is 1.77 bits per heavy atom. The highest BCUT2D eigenvalue weighted by Gasteiger charge is 2.14. The third-order valence-electron chi connectivity index (χ3n) is 3.29. The minimum atomic E-state index is -0.639. The van der Waals surface area contributed by atoms with Gasteiger partial charge in [-0.05, 0) is 19.1 Å². The van der Waals surface area contributed by atoms with E-state index in [9.17, 15) is 9.59 Å². The van der Waals surface area contributed by atoms with Crippen molar-refractivity contribution in [3.05, 3.63) is 76.3 Å². The lowest BCUT2D eigenvalue weighted by molar-refractivity contribution is 0.0965. The van der Waals surface area contributed by atoms with E-state index in [1.165, 1.54) is 0 Å². The molecule has 5 nitrogen and oxygen atoms in total. The maximum Gasteiger partial charge on any atom is 0.437 e. The lowest BCUT2D eigenvalue weighted by atomic mass is 10.1. The van der Waals surface area contributed by atoms with Crippen LogP contribution < -0.4 is 5.76 Å². The molecule has 110 valence electrons. The van der Waals surface area contributed by atoms with E-state index in [0.717, 1.165) is 10.2 Å². The molecule has 0 unspecified atom stereocenters. The summed E-state index contributed by atoms with van der Waals surface area (Å²) in [6.07, 6.45) is 0. The highest BCUT2D eigenvalue weighted by atomic mass is 16.4. The first-order chi connectivity index (χ1) is 10.6. The summed E-state index contributed by atoms with van der Waals surface area (Å²) in [7, 11) is 0. The number of nitrogens with zero attached hydrogens (tertiary/aromatic N) is 2. The summed E-state index contributed by atoms with van der Waals surface area (Å²) in [5, 5.41) is 4.09. The van der Waals surface area contributed by atoms with Crippen LogP contribution in [0.2, 0.25) is 0 Å². The number of hydrogen-bond acceptors (Lipinski definition) is 4. The molecule has 0 aliphatic carbocycles. The molecule has 5 heteroatoms. The predicted octanol–water partition coefficient (Wildman–Crippen LogP) is 2.69. The van der Waals surface area contributed by atoms with Crippen LogP contribution in [0, 0.1) is 6.92 Å². The zero-order chi connectivity index (χ0) is 15.5. The zero-order valence-electron chi connectivity index (χ0n) is 12.0. The van der Waals surface area contributed by atoms with Crippen LogP contribution >= 0.6 is 0 Å². The second-order valence-corrected chi connectivity index (χ2v) is 4.99. The average molecular weight is 294 g/mol. The number of hydrogen-bond donors (Lipinski definition) is 0. The van der Waals surface area contributed by atoms with Crippen molar-refractivity contribution in [3.8, 4) is 11.5 Å². The molecule has 1 heterocycles. The Morgan fingerprint density at radius 1 is 1.09 bits per heavy atom. The van der Waals surface area contributed by atoms with Crippen LogP contribution in [0.25, 0.3) is 11.5 Å². The number of Topliss-reactive ketones (excluding diaryl/α,β-unsaturated/α-hetero) is 1. The summed E-state index contributed by atoms with van der Waals surface area (Å²) in [5.41, 5.74) is 2.34. The van der Waals surface area contributed by atoms with Gasteiger partial charge in [0, 0.05) is 11.1 Å². The van der Waals surface area contributed by atoms with Gasteiger partial charge < -0.3 is 4.42 Å². The van der Waals surface area contributed by atoms with Crippen molar-refractivity contribution in [2.45, 2.75) is 13.5 Å². The smallest absolute Gasteiger partial charge is 0.388 e. The van der Waals surface area contributed by atoms with Crippen molar-refractivity contribution in [2.75, 3.05) is 0 Å². The number of carbonyl (C=O) groups is 1. The molecular weight excluding hydrogens is 280 g/mol. The van der Waals surface area contributed by atoms with Gasteiger partial charge in [0.1, 0.15) is 6.54 Å². The molecule has 0 saturated carbocycles. The Bertz CT molecular complexity index is 846. The standard InChI is InChI=1S/C17H14N2O3/c1-12-7-9-14(10-8-12)16-18-19(17(21)22-16)11-15(20)13-5-3-2-4-6-13/h2-10H,11H2,1H3. The Balaban J connectivity index is 1.85. The Labute approximate surface area is 126 Å². The van der Waals surface area contributed by atoms with E-state index < -0.39 is 5.76 Å². The Kier molecular flexibility index (Phi) is 3.70. The minimum Gasteiger partial charge on any atom is -0.388 e. The fourth-order valence-electron chi connectivity index (χ4n) is 2.07. The molecule has 3 aromatic rings. The van der Waals surface area contributed by atoms with Gasteiger partial charge in [0.2, 0.25) is 5.89 Å². The molecule has 1 aromatic heterocycles. The van der Waals surface area contributed by atoms with Gasteiger partial charge >= 0.3 is 5.76 Å². The molecule has 0 radical (unpaired) electrons. The second-order valence-electron chi connectivity index (χ2n) is 4.99. The summed E-state index contributed by atoms with van der Waals surface area (Å²) in [5.74, 6) is -0.614. The number of rotatable bonds is 4. The highest BCUT2D eigenvalue weighted by Crippen LogP contribution is 2.15. The van der Waals surface area contributed by atoms with Gasteiger partial charge in [-0.1, -0.05) is 48.0 Å². The lowest BCUT2D eigenvalue weighted by Crippen LogP contribution is -2.21. The summed E-state index contributed by atoms with van der Waals surface area (Å²) in [4.78, 5) is 23.9. The fourth-order valence-corrected chi connectivity index (χ4v) is 2.07. The molecule has 0 saturated heterocycles. The summed E-state index contributed by atoms with van der Waals surface area (Å²) >= 11 is 0. The van der Waals surface area contributed by atoms with E-state index in [1.54, 1.807) is 24.3 Å². The monoisotopic (exact) mass is 294 g/mol. The number of carbonyl (C=O) groups excluding carboxylic acids is 1. The molecule has 0 spiro atoms. The van der Waals surface area contributed by atoms with E-state index in [4.69, 9.17) is 4.42 Å². The first kappa shape index (κ1) is 14.0. The van der Waals surface area contributed by atoms with E-state index in [0.29, 0.717) is 11.1 Å². The van der Waals surface area contributed by atoms with Crippen molar-refractivity contribution in [1.29, 1.82) is 0 Å². The molecule has 0 amide bonds. The van der Waals surface area contributed by atoms with E-state index in [2.05, 4.69) is 5.10 Å². The summed E-state index contributed by atoms with van der Waals surface area (Å²) < 4.78 is 6.17. The molecule has 2 aromatic carbocycles. The molecule has 0 aliphatic rings. The van der Waals surface area contributed by atoms with Crippen LogP contribution in [0.3, 0.4) is 0 Å². The van der Waals surface area contributed by atoms with Gasteiger partial charge in [-0.2, -0.15) is 4.68 Å². The molecule has 0 atom stereocenters. The van der Waals surface area contributed by atoms with Gasteiger partial charge in [-0.3, -0.25) is 4.79 Å². The number of aromatic nitrogens is 2. The van der Waals surface area contributed by atoms with Crippen LogP contribution in [0.5, 0.6) is 0 Å². The van der Waals surface area contributed by atoms with Crippen LogP contribution in [0.15, 0.2) is 63.8 Å². The van der Waals surface area contributed by atoms with Gasteiger partial charge in [0.25, 0.3) is 0 Å². The van der Waals surface area contributed by atoms with E-state index in [1.807, 2.05) is 37.3 Å². The zero-order valence-corrected chi connectivity index (χ0v) is 12.0. The van der Waals surface area contributed by atoms with Crippen LogP contribution in [0.4, 0.5) is 0 Å². The van der Waals surface area contributed by atoms with E-state index >= 15 is 0 Å². The lowest BCUT2D eigenvalue weighted by Gasteiger charge is -1.99. The van der Waals surface area contributed by atoms with Crippen molar-refractivity contribution in [1.82, 2.24) is 9.78 Å². The topological polar surface area (TPSA) is 65.1 Å². The van der Waals surface area contributed by atoms with Crippen LogP contribution in [-0.4, -0.2) is 15.6 Å². The predicted molar refractivity (Wildman–Crippen MR) is 81.7 cm³/mol. The normalized spacial score (nSPS) is 10.6. The molecule has 0 fully saturated rings. The van der Waals surface area contributed by atoms with Crippen molar-refractivity contribution < 1.29 is 9.21 Å². The SMILES string of the molecule is Cc1ccc(-c2nn(CC(=O)c3ccccc3)c(=O)o2)cc1. The average Bonchev–Trinajstić information content (AvgIpc) is 2.90. The van der Waals surface area contributed by atoms with Crippen molar-refractivity contribution >= 4 is 5.78 Å². The number of ketones is 1. The first-order valence-corrected chi connectivity index (χ1v) is 6.87. The summed E-state index contributed by atoms with van der Waals surface area (Å²) in [6, 6.07) is 16.2. The summed E-state index contributed by atoms with van der Waals surface area (Å²) in [6.45, 7) is 1.83. The molecule has 0 aliphatic heterocycles. The van der Waals surface area contributed by atoms with Gasteiger partial charge in [0.05, 0.1) is 0 Å². The highest BCUT2D eigenvalue weighted by molar-refractivity contribution is 5.95. The van der Waals surface area contributed by atoms with Crippen molar-refractivity contribution in [3.63, 3.8) is 0 Å². The van der Waals surface area contributed by atoms with Gasteiger partial charge in [-0.25, -0.2) is 4.79 Å². The quantitative estimate of drug-likeness (QED) is 0.694. The maximum atomic E-state index is 12.1. The first-order valence-electron chi connectivity index (χ1n) is 6.87. The number of aryl methyl sites for hydroxylation is 1. The van der Waals surface area contributed by atoms with Gasteiger partial charge in [0.15, 0.2) is 5.78 Å². The molecule has 0 N–H and O–H groups in total. The number of benzene rings is 2. The van der Waals surface area contributed by atoms with Gasteiger partial charge in [-0.15, -0.1) is 5.10 Å². The Morgan fingerprint density at radius 3 is 2.45 bits per heavy atom.